The highest BCUT2D eigenvalue weighted by atomic mass is 35.5. The van der Waals surface area contributed by atoms with Crippen molar-refractivity contribution >= 4 is 68.5 Å². The summed E-state index contributed by atoms with van der Waals surface area (Å²) in [5.41, 5.74) is 5.46. The molecule has 0 bridgehead atoms. The molecule has 0 aliphatic heterocycles. The Hall–Kier alpha value is -5.88. The quantitative estimate of drug-likeness (QED) is 0.0775. The van der Waals surface area contributed by atoms with E-state index in [-0.39, 0.29) is 35.1 Å². The van der Waals surface area contributed by atoms with E-state index in [4.69, 9.17) is 47.4 Å². The molecule has 1 aromatic heterocycles. The predicted octanol–water partition coefficient (Wildman–Crippen LogP) is 10.4. The summed E-state index contributed by atoms with van der Waals surface area (Å²) in [7, 11) is 3.89. The third kappa shape index (κ3) is 10.2. The van der Waals surface area contributed by atoms with Gasteiger partial charge < -0.3 is 29.7 Å². The highest BCUT2D eigenvalue weighted by Crippen LogP contribution is 2.32. The van der Waals surface area contributed by atoms with Crippen LogP contribution in [-0.4, -0.2) is 54.4 Å². The number of para-hydroxylation sites is 1. The van der Waals surface area contributed by atoms with Gasteiger partial charge in [-0.3, -0.25) is 14.2 Å². The first-order chi connectivity index (χ1) is 28.2. The number of aryl methyl sites for hydroxylation is 3. The van der Waals surface area contributed by atoms with Gasteiger partial charge in [0.1, 0.15) is 18.2 Å². The van der Waals surface area contributed by atoms with Crippen molar-refractivity contribution in [3.63, 3.8) is 0 Å². The number of nitrogens with one attached hydrogen (secondary N) is 2. The standard InChI is InChI=1S/C46H48Cl2N6O5/c1-9-42(59-40-20-14-28(4)22-30(40)6)57-26-49-32-16-21-41(58-27(2)3)38(25-32)52-45(55)43(50-36-18-17-33(53(7)8)23-29(36)5)44-51-37-13-11-10-12-34(37)46(56)54(44)39-19-15-31(47)24-35(39)48/h10-25,27,42,49H,9,26H2,1-8H3,(H,52,55)/b50-43-. The average molecular weight is 836 g/mol. The van der Waals surface area contributed by atoms with Crippen LogP contribution in [0.15, 0.2) is 107 Å². The van der Waals surface area contributed by atoms with Gasteiger partial charge in [-0.05, 0) is 119 Å². The van der Waals surface area contributed by atoms with Crippen LogP contribution in [0.4, 0.5) is 22.7 Å². The number of benzene rings is 5. The Morgan fingerprint density at radius 3 is 2.34 bits per heavy atom. The number of ether oxygens (including phenoxy) is 3. The lowest BCUT2D eigenvalue weighted by Crippen LogP contribution is -2.33. The van der Waals surface area contributed by atoms with Gasteiger partial charge in [0.15, 0.2) is 11.5 Å². The molecule has 59 heavy (non-hydrogen) atoms. The second-order valence-corrected chi connectivity index (χ2v) is 15.4. The van der Waals surface area contributed by atoms with Gasteiger partial charge in [0.25, 0.3) is 11.5 Å². The highest BCUT2D eigenvalue weighted by molar-refractivity contribution is 6.49. The minimum atomic E-state index is -0.656. The van der Waals surface area contributed by atoms with E-state index < -0.39 is 17.8 Å². The van der Waals surface area contributed by atoms with Crippen molar-refractivity contribution in [3.05, 3.63) is 140 Å². The maximum atomic E-state index is 14.9. The first kappa shape index (κ1) is 42.7. The number of carbonyl (C=O) groups excluding carboxylic acids is 1. The molecule has 13 heteroatoms. The summed E-state index contributed by atoms with van der Waals surface area (Å²) in [6.07, 6.45) is -0.0980. The van der Waals surface area contributed by atoms with E-state index in [0.29, 0.717) is 45.2 Å². The van der Waals surface area contributed by atoms with E-state index >= 15 is 0 Å². The molecule has 1 heterocycles. The topological polar surface area (TPSA) is 119 Å². The summed E-state index contributed by atoms with van der Waals surface area (Å²) < 4.78 is 19.7. The Balaban J connectivity index is 1.42. The maximum absolute atomic E-state index is 14.9. The van der Waals surface area contributed by atoms with Crippen LogP contribution in [0.5, 0.6) is 11.5 Å². The largest absolute Gasteiger partial charge is 0.489 e. The lowest BCUT2D eigenvalue weighted by Gasteiger charge is -2.21. The van der Waals surface area contributed by atoms with Gasteiger partial charge in [0.05, 0.1) is 39.1 Å². The Kier molecular flexibility index (Phi) is 13.6. The molecule has 11 nitrogen and oxygen atoms in total. The van der Waals surface area contributed by atoms with Crippen LogP contribution in [0.3, 0.4) is 0 Å². The smallest absolute Gasteiger partial charge is 0.278 e. The average Bonchev–Trinajstić information content (AvgIpc) is 3.19. The van der Waals surface area contributed by atoms with Crippen molar-refractivity contribution in [2.24, 2.45) is 4.99 Å². The second kappa shape index (κ2) is 18.8. The molecular weight excluding hydrogens is 787 g/mol. The number of nitrogens with zero attached hydrogens (tertiary/aromatic N) is 4. The Bertz CT molecular complexity index is 2590. The third-order valence-electron chi connectivity index (χ3n) is 9.34. The van der Waals surface area contributed by atoms with Crippen molar-refractivity contribution in [1.29, 1.82) is 0 Å². The van der Waals surface area contributed by atoms with Gasteiger partial charge in [-0.2, -0.15) is 0 Å². The fraction of sp³-hybridized carbons (Fsp3) is 0.261. The van der Waals surface area contributed by atoms with E-state index in [9.17, 15) is 9.59 Å². The number of fused-ring (bicyclic) bond motifs is 1. The third-order valence-corrected chi connectivity index (χ3v) is 9.88. The lowest BCUT2D eigenvalue weighted by molar-refractivity contribution is -0.110. The molecule has 6 aromatic rings. The summed E-state index contributed by atoms with van der Waals surface area (Å²) >= 11 is 13.1. The number of aromatic nitrogens is 2. The second-order valence-electron chi connectivity index (χ2n) is 14.6. The van der Waals surface area contributed by atoms with E-state index in [0.717, 1.165) is 28.1 Å². The summed E-state index contributed by atoms with van der Waals surface area (Å²) in [4.78, 5) is 41.2. The summed E-state index contributed by atoms with van der Waals surface area (Å²) in [5.74, 6) is 0.487. The number of carbonyl (C=O) groups is 1. The Labute approximate surface area is 354 Å². The monoisotopic (exact) mass is 834 g/mol. The minimum absolute atomic E-state index is 0.0325. The summed E-state index contributed by atoms with van der Waals surface area (Å²) in [6.45, 7) is 11.8. The van der Waals surface area contributed by atoms with Crippen LogP contribution in [0, 0.1) is 20.8 Å². The highest BCUT2D eigenvalue weighted by Gasteiger charge is 2.26. The zero-order valence-electron chi connectivity index (χ0n) is 34.4. The van der Waals surface area contributed by atoms with Crippen molar-refractivity contribution in [2.45, 2.75) is 60.4 Å². The number of halogens is 2. The van der Waals surface area contributed by atoms with Crippen LogP contribution < -0.4 is 30.6 Å². The van der Waals surface area contributed by atoms with Gasteiger partial charge in [-0.25, -0.2) is 9.98 Å². The van der Waals surface area contributed by atoms with Crippen LogP contribution in [-0.2, 0) is 9.53 Å². The summed E-state index contributed by atoms with van der Waals surface area (Å²) in [6, 6.07) is 28.7. The Morgan fingerprint density at radius 2 is 1.64 bits per heavy atom. The number of hydrogen-bond donors (Lipinski definition) is 2. The molecule has 0 aliphatic carbocycles. The van der Waals surface area contributed by atoms with Gasteiger partial charge in [-0.1, -0.05) is 60.0 Å². The van der Waals surface area contributed by atoms with Crippen molar-refractivity contribution in [2.75, 3.05) is 36.4 Å². The molecule has 0 radical (unpaired) electrons. The molecule has 0 aliphatic rings. The Morgan fingerprint density at radius 1 is 0.881 bits per heavy atom. The van der Waals surface area contributed by atoms with Crippen molar-refractivity contribution in [1.82, 2.24) is 9.55 Å². The van der Waals surface area contributed by atoms with Crippen LogP contribution in [0.1, 0.15) is 49.7 Å². The summed E-state index contributed by atoms with van der Waals surface area (Å²) in [5, 5.41) is 7.19. The number of amides is 1. The molecule has 0 saturated heterocycles. The number of aliphatic imine (C=N–C) groups is 1. The zero-order chi connectivity index (χ0) is 42.4. The molecule has 0 spiro atoms. The molecule has 0 saturated carbocycles. The molecule has 1 atom stereocenters. The van der Waals surface area contributed by atoms with Gasteiger partial charge in [0, 0.05) is 36.9 Å². The van der Waals surface area contributed by atoms with Gasteiger partial charge in [-0.15, -0.1) is 0 Å². The minimum Gasteiger partial charge on any atom is -0.489 e. The van der Waals surface area contributed by atoms with E-state index in [1.54, 1.807) is 48.5 Å². The molecule has 6 rings (SSSR count). The maximum Gasteiger partial charge on any atom is 0.278 e. The SMILES string of the molecule is CCC(OCNc1ccc(OC(C)C)c(NC(=O)/C(=N\c2ccc(N(C)C)cc2C)c2nc3ccccc3c(=O)n2-c2ccc(Cl)cc2Cl)c1)Oc1ccc(C)cc1C. The lowest BCUT2D eigenvalue weighted by atomic mass is 10.1. The van der Waals surface area contributed by atoms with Crippen LogP contribution in [0.2, 0.25) is 10.0 Å². The van der Waals surface area contributed by atoms with E-state index in [1.807, 2.05) is 96.9 Å². The first-order valence-corrected chi connectivity index (χ1v) is 20.0. The van der Waals surface area contributed by atoms with Crippen LogP contribution in [0.25, 0.3) is 16.6 Å². The van der Waals surface area contributed by atoms with Crippen LogP contribution >= 0.6 is 23.2 Å². The molecule has 5 aromatic carbocycles. The first-order valence-electron chi connectivity index (χ1n) is 19.3. The fourth-order valence-corrected chi connectivity index (χ4v) is 6.84. The van der Waals surface area contributed by atoms with E-state index in [1.165, 1.54) is 10.6 Å². The molecule has 306 valence electrons. The van der Waals surface area contributed by atoms with Crippen molar-refractivity contribution in [3.8, 4) is 17.2 Å². The molecule has 1 amide bonds. The molecular formula is C46H48Cl2N6O5. The zero-order valence-corrected chi connectivity index (χ0v) is 35.9. The molecule has 1 unspecified atom stereocenters. The molecule has 2 N–H and O–H groups in total. The normalized spacial score (nSPS) is 12.1. The number of hydrogen-bond acceptors (Lipinski definition) is 9. The predicted molar refractivity (Wildman–Crippen MR) is 240 cm³/mol. The van der Waals surface area contributed by atoms with Gasteiger partial charge in [0.2, 0.25) is 6.29 Å². The van der Waals surface area contributed by atoms with E-state index in [2.05, 4.69) is 16.7 Å². The van der Waals surface area contributed by atoms with Gasteiger partial charge >= 0.3 is 0 Å². The van der Waals surface area contributed by atoms with Crippen molar-refractivity contribution < 1.29 is 19.0 Å². The number of anilines is 3. The number of rotatable bonds is 15. The fourth-order valence-electron chi connectivity index (χ4n) is 6.35. The molecule has 0 fully saturated rings.